The first-order chi connectivity index (χ1) is 13.4. The lowest BCUT2D eigenvalue weighted by atomic mass is 9.89. The van der Waals surface area contributed by atoms with Gasteiger partial charge in [-0.2, -0.15) is 0 Å². The first-order valence-corrected chi connectivity index (χ1v) is 10.8. The molecule has 3 heteroatoms. The van der Waals surface area contributed by atoms with Crippen molar-refractivity contribution in [3.63, 3.8) is 0 Å². The number of piperazine rings is 1. The molecule has 1 aromatic heterocycles. The summed E-state index contributed by atoms with van der Waals surface area (Å²) in [5.41, 5.74) is 4.29. The molecule has 0 bridgehead atoms. The molecular formula is C24H31N3. The molecule has 3 nitrogen and oxygen atoms in total. The van der Waals surface area contributed by atoms with Crippen LogP contribution < -0.4 is 5.32 Å². The number of nitrogens with zero attached hydrogens (tertiary/aromatic N) is 2. The predicted octanol–water partition coefficient (Wildman–Crippen LogP) is 4.95. The highest BCUT2D eigenvalue weighted by atomic mass is 15.2. The highest BCUT2D eigenvalue weighted by Crippen LogP contribution is 2.41. The van der Waals surface area contributed by atoms with Gasteiger partial charge in [-0.25, -0.2) is 0 Å². The van der Waals surface area contributed by atoms with Gasteiger partial charge in [-0.05, 0) is 49.4 Å². The van der Waals surface area contributed by atoms with Crippen LogP contribution in [0.4, 0.5) is 0 Å². The molecule has 0 radical (unpaired) electrons. The van der Waals surface area contributed by atoms with Crippen molar-refractivity contribution in [1.29, 1.82) is 0 Å². The quantitative estimate of drug-likeness (QED) is 0.709. The fraction of sp³-hybridized carbons (Fsp3) is 0.500. The lowest BCUT2D eigenvalue weighted by molar-refractivity contribution is 0.125. The van der Waals surface area contributed by atoms with E-state index in [9.17, 15) is 0 Å². The number of fused-ring (bicyclic) bond motifs is 3. The maximum atomic E-state index is 3.53. The predicted molar refractivity (Wildman–Crippen MR) is 114 cm³/mol. The normalized spacial score (nSPS) is 20.6. The molecule has 1 saturated heterocycles. The van der Waals surface area contributed by atoms with E-state index in [4.69, 9.17) is 0 Å². The largest absolute Gasteiger partial charge is 0.341 e. The second kappa shape index (κ2) is 7.29. The zero-order valence-corrected chi connectivity index (χ0v) is 16.5. The molecular weight excluding hydrogens is 330 g/mol. The van der Waals surface area contributed by atoms with E-state index in [0.29, 0.717) is 6.04 Å². The second-order valence-corrected chi connectivity index (χ2v) is 8.31. The van der Waals surface area contributed by atoms with Gasteiger partial charge in [0.15, 0.2) is 0 Å². The van der Waals surface area contributed by atoms with E-state index in [0.717, 1.165) is 25.6 Å². The SMILES string of the molecule is CCn1c2ccccc2c2cc([C@@H](C3CCCC3)N3CCNCC3)ccc21. The van der Waals surface area contributed by atoms with Crippen LogP contribution >= 0.6 is 0 Å². The highest BCUT2D eigenvalue weighted by molar-refractivity contribution is 6.08. The van der Waals surface area contributed by atoms with Crippen LogP contribution in [-0.2, 0) is 6.54 Å². The van der Waals surface area contributed by atoms with Crippen molar-refractivity contribution < 1.29 is 0 Å². The third-order valence-corrected chi connectivity index (χ3v) is 6.85. The minimum absolute atomic E-state index is 0.586. The van der Waals surface area contributed by atoms with E-state index >= 15 is 0 Å². The van der Waals surface area contributed by atoms with E-state index in [1.807, 2.05) is 0 Å². The monoisotopic (exact) mass is 361 g/mol. The maximum Gasteiger partial charge on any atom is 0.0491 e. The summed E-state index contributed by atoms with van der Waals surface area (Å²) in [6.07, 6.45) is 5.60. The van der Waals surface area contributed by atoms with Crippen LogP contribution in [0.1, 0.15) is 44.2 Å². The summed E-state index contributed by atoms with van der Waals surface area (Å²) in [5.74, 6) is 0.820. The summed E-state index contributed by atoms with van der Waals surface area (Å²) in [6.45, 7) is 7.88. The first-order valence-electron chi connectivity index (χ1n) is 10.8. The van der Waals surface area contributed by atoms with E-state index in [1.54, 1.807) is 0 Å². The fourth-order valence-electron chi connectivity index (χ4n) is 5.61. The summed E-state index contributed by atoms with van der Waals surface area (Å²) in [5, 5.41) is 6.37. The van der Waals surface area contributed by atoms with Crippen LogP contribution in [0.25, 0.3) is 21.8 Å². The summed E-state index contributed by atoms with van der Waals surface area (Å²) >= 11 is 0. The van der Waals surface area contributed by atoms with Crippen molar-refractivity contribution in [2.45, 2.75) is 45.2 Å². The van der Waals surface area contributed by atoms with E-state index in [-0.39, 0.29) is 0 Å². The molecule has 2 fully saturated rings. The lowest BCUT2D eigenvalue weighted by Crippen LogP contribution is -2.46. The summed E-state index contributed by atoms with van der Waals surface area (Å²) in [6, 6.07) is 16.8. The first kappa shape index (κ1) is 17.3. The molecule has 1 atom stereocenters. The molecule has 5 rings (SSSR count). The highest BCUT2D eigenvalue weighted by Gasteiger charge is 2.32. The van der Waals surface area contributed by atoms with Gasteiger partial charge in [0.25, 0.3) is 0 Å². The molecule has 3 aromatic rings. The molecule has 27 heavy (non-hydrogen) atoms. The standard InChI is InChI=1S/C24H31N3/c1-2-27-22-10-6-5-9-20(22)21-17-19(11-12-23(21)27)24(18-7-3-4-8-18)26-15-13-25-14-16-26/h5-6,9-12,17-18,24-25H,2-4,7-8,13-16H2,1H3/t24-/m1/s1. The number of hydrogen-bond acceptors (Lipinski definition) is 2. The minimum Gasteiger partial charge on any atom is -0.341 e. The number of aromatic nitrogens is 1. The molecule has 0 unspecified atom stereocenters. The summed E-state index contributed by atoms with van der Waals surface area (Å²) < 4.78 is 2.46. The Bertz CT molecular complexity index is 929. The summed E-state index contributed by atoms with van der Waals surface area (Å²) in [7, 11) is 0. The van der Waals surface area contributed by atoms with Gasteiger partial charge in [0.2, 0.25) is 0 Å². The van der Waals surface area contributed by atoms with Crippen LogP contribution in [0.15, 0.2) is 42.5 Å². The molecule has 2 heterocycles. The Labute approximate surface area is 162 Å². The van der Waals surface area contributed by atoms with Gasteiger partial charge in [-0.1, -0.05) is 37.1 Å². The molecule has 1 aliphatic heterocycles. The number of para-hydroxylation sites is 1. The van der Waals surface area contributed by atoms with Gasteiger partial charge in [0.1, 0.15) is 0 Å². The van der Waals surface area contributed by atoms with Crippen molar-refractivity contribution in [2.75, 3.05) is 26.2 Å². The average molecular weight is 362 g/mol. The Hall–Kier alpha value is -1.84. The van der Waals surface area contributed by atoms with E-state index < -0.39 is 0 Å². The second-order valence-electron chi connectivity index (χ2n) is 8.31. The van der Waals surface area contributed by atoms with Gasteiger partial charge in [-0.3, -0.25) is 4.90 Å². The molecule has 0 spiro atoms. The Morgan fingerprint density at radius 2 is 1.70 bits per heavy atom. The third-order valence-electron chi connectivity index (χ3n) is 6.85. The molecule has 2 aliphatic rings. The van der Waals surface area contributed by atoms with Gasteiger partial charge < -0.3 is 9.88 Å². The topological polar surface area (TPSA) is 20.2 Å². The average Bonchev–Trinajstić information content (AvgIpc) is 3.35. The van der Waals surface area contributed by atoms with E-state index in [2.05, 4.69) is 64.2 Å². The van der Waals surface area contributed by atoms with Crippen LogP contribution in [0, 0.1) is 5.92 Å². The fourth-order valence-corrected chi connectivity index (χ4v) is 5.61. The third kappa shape index (κ3) is 2.97. The van der Waals surface area contributed by atoms with Crippen molar-refractivity contribution in [1.82, 2.24) is 14.8 Å². The van der Waals surface area contributed by atoms with Gasteiger partial charge >= 0.3 is 0 Å². The van der Waals surface area contributed by atoms with Crippen molar-refractivity contribution in [2.24, 2.45) is 5.92 Å². The molecule has 1 N–H and O–H groups in total. The van der Waals surface area contributed by atoms with Crippen LogP contribution in [0.3, 0.4) is 0 Å². The molecule has 142 valence electrons. The number of rotatable bonds is 4. The Kier molecular flexibility index (Phi) is 4.66. The van der Waals surface area contributed by atoms with Crippen molar-refractivity contribution >= 4 is 21.8 Å². The van der Waals surface area contributed by atoms with E-state index in [1.165, 1.54) is 66.1 Å². The van der Waals surface area contributed by atoms with Crippen LogP contribution in [0.5, 0.6) is 0 Å². The smallest absolute Gasteiger partial charge is 0.0491 e. The molecule has 1 aliphatic carbocycles. The number of benzene rings is 2. The minimum atomic E-state index is 0.586. The van der Waals surface area contributed by atoms with Crippen molar-refractivity contribution in [3.05, 3.63) is 48.0 Å². The zero-order chi connectivity index (χ0) is 18.2. The molecule has 0 amide bonds. The molecule has 1 saturated carbocycles. The Morgan fingerprint density at radius 1 is 0.963 bits per heavy atom. The zero-order valence-electron chi connectivity index (χ0n) is 16.5. The number of aryl methyl sites for hydroxylation is 1. The number of nitrogens with one attached hydrogen (secondary N) is 1. The molecule has 2 aromatic carbocycles. The van der Waals surface area contributed by atoms with Gasteiger partial charge in [0, 0.05) is 60.6 Å². The van der Waals surface area contributed by atoms with Crippen molar-refractivity contribution in [3.8, 4) is 0 Å². The Balaban J connectivity index is 1.64. The number of hydrogen-bond donors (Lipinski definition) is 1. The van der Waals surface area contributed by atoms with Crippen LogP contribution in [-0.4, -0.2) is 35.6 Å². The maximum absolute atomic E-state index is 3.53. The van der Waals surface area contributed by atoms with Crippen LogP contribution in [0.2, 0.25) is 0 Å². The van der Waals surface area contributed by atoms with Gasteiger partial charge in [0.05, 0.1) is 0 Å². The summed E-state index contributed by atoms with van der Waals surface area (Å²) in [4.78, 5) is 2.76. The van der Waals surface area contributed by atoms with Gasteiger partial charge in [-0.15, -0.1) is 0 Å². The Morgan fingerprint density at radius 3 is 2.48 bits per heavy atom. The lowest BCUT2D eigenvalue weighted by Gasteiger charge is -2.38.